The predicted molar refractivity (Wildman–Crippen MR) is 118 cm³/mol. The van der Waals surface area contributed by atoms with Crippen LogP contribution >= 0.6 is 11.3 Å². The first-order valence-electron chi connectivity index (χ1n) is 9.76. The number of hydrogen-bond acceptors (Lipinski definition) is 6. The van der Waals surface area contributed by atoms with E-state index in [0.717, 1.165) is 43.8 Å². The number of thiophene rings is 1. The van der Waals surface area contributed by atoms with Crippen LogP contribution in [0.5, 0.6) is 0 Å². The van der Waals surface area contributed by atoms with Crippen molar-refractivity contribution in [1.82, 2.24) is 20.3 Å². The average molecular weight is 426 g/mol. The van der Waals surface area contributed by atoms with Gasteiger partial charge >= 0.3 is 0 Å². The van der Waals surface area contributed by atoms with Crippen molar-refractivity contribution in [2.45, 2.75) is 26.8 Å². The molecular weight excluding hydrogens is 401 g/mol. The normalized spacial score (nSPS) is 16.1. The molecule has 0 fully saturated rings. The highest BCUT2D eigenvalue weighted by Crippen LogP contribution is 2.42. The lowest BCUT2D eigenvalue weighted by atomic mass is 10.1. The van der Waals surface area contributed by atoms with Gasteiger partial charge in [0.25, 0.3) is 0 Å². The molecule has 4 rings (SSSR count). The topological polar surface area (TPSA) is 61.4 Å². The third kappa shape index (κ3) is 3.46. The number of rotatable bonds is 4. The molecular formula is C22H24FN5OS. The van der Waals surface area contributed by atoms with Crippen LogP contribution in [0.4, 0.5) is 10.2 Å². The quantitative estimate of drug-likeness (QED) is 0.682. The second-order valence-corrected chi connectivity index (χ2v) is 8.53. The van der Waals surface area contributed by atoms with Crippen molar-refractivity contribution in [2.75, 3.05) is 25.6 Å². The Morgan fingerprint density at radius 1 is 1.23 bits per heavy atom. The summed E-state index contributed by atoms with van der Waals surface area (Å²) in [5.41, 5.74) is 4.61. The SMILES string of the molecule is CNC(=O)CN1c2nc(C)c(-c3sc(-c4ccc(F)cc4)cc3C)nc2C(C)N1C. The molecule has 0 saturated carbocycles. The minimum Gasteiger partial charge on any atom is -0.358 e. The molecule has 1 aromatic carbocycles. The van der Waals surface area contributed by atoms with Gasteiger partial charge in [-0.3, -0.25) is 9.80 Å². The van der Waals surface area contributed by atoms with Crippen molar-refractivity contribution >= 4 is 23.1 Å². The molecule has 1 atom stereocenters. The fourth-order valence-corrected chi connectivity index (χ4v) is 4.84. The van der Waals surface area contributed by atoms with E-state index in [-0.39, 0.29) is 24.3 Å². The molecule has 0 saturated heterocycles. The largest absolute Gasteiger partial charge is 0.358 e. The predicted octanol–water partition coefficient (Wildman–Crippen LogP) is 4.10. The van der Waals surface area contributed by atoms with Crippen LogP contribution in [0, 0.1) is 19.7 Å². The van der Waals surface area contributed by atoms with Crippen LogP contribution in [-0.4, -0.2) is 41.5 Å². The Kier molecular flexibility index (Phi) is 5.29. The lowest BCUT2D eigenvalue weighted by molar-refractivity contribution is -0.119. The number of likely N-dealkylation sites (N-methyl/N-ethyl adjacent to an activating group) is 1. The van der Waals surface area contributed by atoms with Crippen LogP contribution in [0.3, 0.4) is 0 Å². The van der Waals surface area contributed by atoms with Gasteiger partial charge in [-0.25, -0.2) is 19.4 Å². The second-order valence-electron chi connectivity index (χ2n) is 7.48. The van der Waals surface area contributed by atoms with Gasteiger partial charge in [0, 0.05) is 19.0 Å². The molecule has 1 N–H and O–H groups in total. The number of fused-ring (bicyclic) bond motifs is 1. The minimum atomic E-state index is -0.244. The number of nitrogens with zero attached hydrogens (tertiary/aromatic N) is 4. The van der Waals surface area contributed by atoms with Gasteiger partial charge in [0.2, 0.25) is 5.91 Å². The molecule has 1 amide bonds. The molecule has 8 heteroatoms. The number of hydrogen-bond donors (Lipinski definition) is 1. The van der Waals surface area contributed by atoms with Crippen LogP contribution < -0.4 is 10.3 Å². The van der Waals surface area contributed by atoms with E-state index in [4.69, 9.17) is 9.97 Å². The molecule has 6 nitrogen and oxygen atoms in total. The Hall–Kier alpha value is -2.84. The van der Waals surface area contributed by atoms with E-state index in [1.54, 1.807) is 30.5 Å². The van der Waals surface area contributed by atoms with Gasteiger partial charge in [0.05, 0.1) is 16.6 Å². The Morgan fingerprint density at radius 2 is 1.93 bits per heavy atom. The highest BCUT2D eigenvalue weighted by Gasteiger charge is 2.36. The van der Waals surface area contributed by atoms with E-state index >= 15 is 0 Å². The Balaban J connectivity index is 1.75. The molecule has 0 aliphatic carbocycles. The third-order valence-electron chi connectivity index (χ3n) is 5.49. The van der Waals surface area contributed by atoms with Crippen LogP contribution in [0.25, 0.3) is 21.0 Å². The number of aryl methyl sites for hydroxylation is 2. The summed E-state index contributed by atoms with van der Waals surface area (Å²) in [4.78, 5) is 23.9. The molecule has 0 spiro atoms. The van der Waals surface area contributed by atoms with Crippen LogP contribution in [0.1, 0.15) is 29.9 Å². The van der Waals surface area contributed by atoms with Crippen molar-refractivity contribution in [3.8, 4) is 21.0 Å². The van der Waals surface area contributed by atoms with E-state index in [0.29, 0.717) is 0 Å². The molecule has 0 bridgehead atoms. The summed E-state index contributed by atoms with van der Waals surface area (Å²) in [7, 11) is 3.57. The van der Waals surface area contributed by atoms with Gasteiger partial charge in [-0.1, -0.05) is 12.1 Å². The minimum absolute atomic E-state index is 0.00773. The van der Waals surface area contributed by atoms with E-state index in [1.807, 2.05) is 24.0 Å². The summed E-state index contributed by atoms with van der Waals surface area (Å²) >= 11 is 1.63. The summed E-state index contributed by atoms with van der Waals surface area (Å²) in [6.07, 6.45) is 0. The number of benzene rings is 1. The zero-order valence-corrected chi connectivity index (χ0v) is 18.5. The first-order chi connectivity index (χ1) is 14.3. The monoisotopic (exact) mass is 425 g/mol. The fraction of sp³-hybridized carbons (Fsp3) is 0.318. The van der Waals surface area contributed by atoms with E-state index in [2.05, 4.69) is 25.2 Å². The molecule has 1 aliphatic rings. The zero-order valence-electron chi connectivity index (χ0n) is 17.7. The molecule has 0 radical (unpaired) electrons. The number of carbonyl (C=O) groups is 1. The number of hydrazine groups is 1. The van der Waals surface area contributed by atoms with Gasteiger partial charge in [0.15, 0.2) is 5.82 Å². The average Bonchev–Trinajstić information content (AvgIpc) is 3.21. The molecule has 3 heterocycles. The fourth-order valence-electron chi connectivity index (χ4n) is 3.62. The van der Waals surface area contributed by atoms with Gasteiger partial charge in [-0.15, -0.1) is 11.3 Å². The van der Waals surface area contributed by atoms with Crippen LogP contribution in [0.2, 0.25) is 0 Å². The molecule has 1 unspecified atom stereocenters. The molecule has 2 aromatic heterocycles. The Labute approximate surface area is 179 Å². The molecule has 30 heavy (non-hydrogen) atoms. The van der Waals surface area contributed by atoms with Gasteiger partial charge in [-0.05, 0) is 50.1 Å². The van der Waals surface area contributed by atoms with Gasteiger partial charge < -0.3 is 5.32 Å². The maximum absolute atomic E-state index is 13.3. The molecule has 3 aromatic rings. The number of halogens is 1. The van der Waals surface area contributed by atoms with Crippen molar-refractivity contribution < 1.29 is 9.18 Å². The lowest BCUT2D eigenvalue weighted by Gasteiger charge is -2.27. The Bertz CT molecular complexity index is 1110. The highest BCUT2D eigenvalue weighted by atomic mass is 32.1. The maximum atomic E-state index is 13.3. The lowest BCUT2D eigenvalue weighted by Crippen LogP contribution is -2.43. The zero-order chi connectivity index (χ0) is 21.6. The highest BCUT2D eigenvalue weighted by molar-refractivity contribution is 7.19. The number of aromatic nitrogens is 2. The van der Waals surface area contributed by atoms with Crippen LogP contribution in [-0.2, 0) is 4.79 Å². The summed E-state index contributed by atoms with van der Waals surface area (Å²) in [6.45, 7) is 6.26. The molecule has 1 aliphatic heterocycles. The van der Waals surface area contributed by atoms with Crippen molar-refractivity contribution in [2.24, 2.45) is 0 Å². The maximum Gasteiger partial charge on any atom is 0.241 e. The van der Waals surface area contributed by atoms with Crippen LogP contribution in [0.15, 0.2) is 30.3 Å². The van der Waals surface area contributed by atoms with E-state index < -0.39 is 0 Å². The smallest absolute Gasteiger partial charge is 0.241 e. The van der Waals surface area contributed by atoms with Gasteiger partial charge in [-0.2, -0.15) is 0 Å². The summed E-state index contributed by atoms with van der Waals surface area (Å²) in [6, 6.07) is 8.65. The Morgan fingerprint density at radius 3 is 2.60 bits per heavy atom. The van der Waals surface area contributed by atoms with E-state index in [9.17, 15) is 9.18 Å². The van der Waals surface area contributed by atoms with Crippen molar-refractivity contribution in [3.63, 3.8) is 0 Å². The first kappa shape index (κ1) is 20.4. The summed E-state index contributed by atoms with van der Waals surface area (Å²) in [5, 5.41) is 6.53. The number of nitrogens with one attached hydrogen (secondary N) is 1. The summed E-state index contributed by atoms with van der Waals surface area (Å²) in [5.74, 6) is 0.401. The molecule has 156 valence electrons. The van der Waals surface area contributed by atoms with E-state index in [1.165, 1.54) is 12.1 Å². The van der Waals surface area contributed by atoms with Crippen molar-refractivity contribution in [1.29, 1.82) is 0 Å². The second kappa shape index (κ2) is 7.77. The third-order valence-corrected chi connectivity index (χ3v) is 6.79. The number of anilines is 1. The number of carbonyl (C=O) groups excluding carboxylic acids is 1. The van der Waals surface area contributed by atoms with Crippen molar-refractivity contribution in [3.05, 3.63) is 53.1 Å². The standard InChI is InChI=1S/C22H24FN5OS/c1-12-10-17(15-6-8-16(23)9-7-15)30-21(12)19-13(2)25-22-20(26-19)14(3)27(5)28(22)11-18(29)24-4/h6-10,14H,11H2,1-5H3,(H,24,29). The summed E-state index contributed by atoms with van der Waals surface area (Å²) < 4.78 is 13.3. The number of amides is 1. The first-order valence-corrected chi connectivity index (χ1v) is 10.6. The van der Waals surface area contributed by atoms with Gasteiger partial charge in [0.1, 0.15) is 23.7 Å².